The molecule has 0 atom stereocenters. The van der Waals surface area contributed by atoms with Crippen LogP contribution in [0.25, 0.3) is 21.5 Å². The predicted molar refractivity (Wildman–Crippen MR) is 72.6 cm³/mol. The standard InChI is InChI=1S/C16H14O/c1-10-9-15(17)14-8-7-12-5-3-4-6-13(12)16(14)11(10)2/h3-9,17H,1-2H3. The van der Waals surface area contributed by atoms with Crippen molar-refractivity contribution < 1.29 is 5.11 Å². The highest BCUT2D eigenvalue weighted by Crippen LogP contribution is 2.35. The van der Waals surface area contributed by atoms with Crippen molar-refractivity contribution >= 4 is 21.5 Å². The largest absolute Gasteiger partial charge is 0.507 e. The van der Waals surface area contributed by atoms with Crippen molar-refractivity contribution in [1.82, 2.24) is 0 Å². The van der Waals surface area contributed by atoms with Crippen LogP contribution in [0, 0.1) is 13.8 Å². The molecule has 0 saturated heterocycles. The van der Waals surface area contributed by atoms with Crippen LogP contribution in [0.15, 0.2) is 42.5 Å². The molecule has 3 rings (SSSR count). The van der Waals surface area contributed by atoms with Crippen LogP contribution in [0.3, 0.4) is 0 Å². The number of hydrogen-bond acceptors (Lipinski definition) is 1. The van der Waals surface area contributed by atoms with E-state index >= 15 is 0 Å². The Morgan fingerprint density at radius 2 is 1.65 bits per heavy atom. The third kappa shape index (κ3) is 1.39. The van der Waals surface area contributed by atoms with Gasteiger partial charge in [0.2, 0.25) is 0 Å². The SMILES string of the molecule is Cc1cc(O)c2ccc3ccccc3c2c1C. The van der Waals surface area contributed by atoms with Crippen LogP contribution >= 0.6 is 0 Å². The first-order valence-electron chi connectivity index (χ1n) is 5.79. The van der Waals surface area contributed by atoms with Crippen LogP contribution in [0.2, 0.25) is 0 Å². The van der Waals surface area contributed by atoms with Gasteiger partial charge in [0.15, 0.2) is 0 Å². The van der Waals surface area contributed by atoms with Gasteiger partial charge >= 0.3 is 0 Å². The first kappa shape index (κ1) is 10.2. The van der Waals surface area contributed by atoms with Crippen molar-refractivity contribution in [2.24, 2.45) is 0 Å². The lowest BCUT2D eigenvalue weighted by Crippen LogP contribution is -1.86. The van der Waals surface area contributed by atoms with Crippen molar-refractivity contribution in [1.29, 1.82) is 0 Å². The van der Waals surface area contributed by atoms with Gasteiger partial charge in [0.05, 0.1) is 0 Å². The number of aryl methyl sites for hydroxylation is 2. The fourth-order valence-electron chi connectivity index (χ4n) is 2.48. The highest BCUT2D eigenvalue weighted by molar-refractivity contribution is 6.11. The van der Waals surface area contributed by atoms with E-state index in [9.17, 15) is 5.11 Å². The van der Waals surface area contributed by atoms with Crippen LogP contribution in [0.5, 0.6) is 5.75 Å². The van der Waals surface area contributed by atoms with E-state index in [-0.39, 0.29) is 0 Å². The Morgan fingerprint density at radius 3 is 2.47 bits per heavy atom. The summed E-state index contributed by atoms with van der Waals surface area (Å²) < 4.78 is 0. The Kier molecular flexibility index (Phi) is 2.08. The number of hydrogen-bond donors (Lipinski definition) is 1. The number of aromatic hydroxyl groups is 1. The monoisotopic (exact) mass is 222 g/mol. The summed E-state index contributed by atoms with van der Waals surface area (Å²) in [5, 5.41) is 14.6. The first-order valence-corrected chi connectivity index (χ1v) is 5.79. The van der Waals surface area contributed by atoms with E-state index in [0.717, 1.165) is 10.9 Å². The van der Waals surface area contributed by atoms with Crippen LogP contribution in [0.1, 0.15) is 11.1 Å². The number of benzene rings is 3. The average molecular weight is 222 g/mol. The quantitative estimate of drug-likeness (QED) is 0.562. The summed E-state index contributed by atoms with van der Waals surface area (Å²) >= 11 is 0. The maximum atomic E-state index is 10.0. The number of fused-ring (bicyclic) bond motifs is 3. The molecule has 0 spiro atoms. The molecule has 3 aromatic carbocycles. The summed E-state index contributed by atoms with van der Waals surface area (Å²) in [4.78, 5) is 0. The van der Waals surface area contributed by atoms with Crippen molar-refractivity contribution in [3.63, 3.8) is 0 Å². The maximum absolute atomic E-state index is 10.0. The molecule has 0 radical (unpaired) electrons. The van der Waals surface area contributed by atoms with Gasteiger partial charge in [-0.25, -0.2) is 0 Å². The van der Waals surface area contributed by atoms with Crippen molar-refractivity contribution in [2.45, 2.75) is 13.8 Å². The van der Waals surface area contributed by atoms with Crippen molar-refractivity contribution in [3.05, 3.63) is 53.6 Å². The fourth-order valence-corrected chi connectivity index (χ4v) is 2.48. The second-order valence-electron chi connectivity index (χ2n) is 4.55. The molecule has 1 heteroatoms. The van der Waals surface area contributed by atoms with Crippen LogP contribution in [-0.2, 0) is 0 Å². The second-order valence-corrected chi connectivity index (χ2v) is 4.55. The third-order valence-electron chi connectivity index (χ3n) is 3.52. The minimum atomic E-state index is 0.369. The summed E-state index contributed by atoms with van der Waals surface area (Å²) in [5.41, 5.74) is 2.38. The zero-order chi connectivity index (χ0) is 12.0. The van der Waals surface area contributed by atoms with Gasteiger partial charge in [0.1, 0.15) is 5.75 Å². The summed E-state index contributed by atoms with van der Waals surface area (Å²) in [6, 6.07) is 14.2. The molecular weight excluding hydrogens is 208 g/mol. The number of phenols is 1. The number of rotatable bonds is 0. The lowest BCUT2D eigenvalue weighted by molar-refractivity contribution is 0.481. The van der Waals surface area contributed by atoms with Gasteiger partial charge in [-0.3, -0.25) is 0 Å². The van der Waals surface area contributed by atoms with Crippen LogP contribution < -0.4 is 0 Å². The molecule has 0 saturated carbocycles. The van der Waals surface area contributed by atoms with Gasteiger partial charge in [0.25, 0.3) is 0 Å². The zero-order valence-electron chi connectivity index (χ0n) is 9.99. The maximum Gasteiger partial charge on any atom is 0.123 e. The Balaban J connectivity index is 2.65. The van der Waals surface area contributed by atoms with E-state index in [0.29, 0.717) is 5.75 Å². The van der Waals surface area contributed by atoms with Gasteiger partial charge in [0, 0.05) is 5.39 Å². The summed E-state index contributed by atoms with van der Waals surface area (Å²) in [6.45, 7) is 4.15. The van der Waals surface area contributed by atoms with Crippen molar-refractivity contribution in [3.8, 4) is 5.75 Å². The normalized spacial score (nSPS) is 11.2. The van der Waals surface area contributed by atoms with Gasteiger partial charge in [-0.05, 0) is 47.2 Å². The third-order valence-corrected chi connectivity index (χ3v) is 3.52. The molecule has 0 bridgehead atoms. The molecule has 0 heterocycles. The average Bonchev–Trinajstić information content (AvgIpc) is 2.35. The zero-order valence-corrected chi connectivity index (χ0v) is 9.99. The van der Waals surface area contributed by atoms with Gasteiger partial charge < -0.3 is 5.11 Å². The first-order chi connectivity index (χ1) is 8.18. The van der Waals surface area contributed by atoms with E-state index in [2.05, 4.69) is 25.1 Å². The molecule has 0 aliphatic rings. The Labute approximate surface area is 100 Å². The lowest BCUT2D eigenvalue weighted by Gasteiger charge is -2.11. The summed E-state index contributed by atoms with van der Waals surface area (Å²) in [5.74, 6) is 0.369. The molecule has 84 valence electrons. The van der Waals surface area contributed by atoms with Crippen molar-refractivity contribution in [2.75, 3.05) is 0 Å². The Morgan fingerprint density at radius 1 is 0.882 bits per heavy atom. The minimum absolute atomic E-state index is 0.369. The molecular formula is C16H14O. The molecule has 0 aliphatic heterocycles. The Hall–Kier alpha value is -2.02. The second kappa shape index (κ2) is 3.49. The van der Waals surface area contributed by atoms with E-state index < -0.39 is 0 Å². The molecule has 1 N–H and O–H groups in total. The van der Waals surface area contributed by atoms with E-state index in [1.54, 1.807) is 0 Å². The predicted octanol–water partition coefficient (Wildman–Crippen LogP) is 4.32. The number of phenolic OH excluding ortho intramolecular Hbond substituents is 1. The van der Waals surface area contributed by atoms with Crippen LogP contribution in [0.4, 0.5) is 0 Å². The molecule has 1 nitrogen and oxygen atoms in total. The molecule has 17 heavy (non-hydrogen) atoms. The van der Waals surface area contributed by atoms with Crippen LogP contribution in [-0.4, -0.2) is 5.11 Å². The molecule has 0 aliphatic carbocycles. The summed E-state index contributed by atoms with van der Waals surface area (Å²) in [7, 11) is 0. The highest BCUT2D eigenvalue weighted by Gasteiger charge is 2.08. The molecule has 3 aromatic rings. The Bertz CT molecular complexity index is 726. The molecule has 0 fully saturated rings. The van der Waals surface area contributed by atoms with E-state index in [4.69, 9.17) is 0 Å². The molecule has 0 unspecified atom stereocenters. The lowest BCUT2D eigenvalue weighted by atomic mass is 9.95. The minimum Gasteiger partial charge on any atom is -0.507 e. The van der Waals surface area contributed by atoms with E-state index in [1.165, 1.54) is 21.7 Å². The topological polar surface area (TPSA) is 20.2 Å². The molecule has 0 amide bonds. The highest BCUT2D eigenvalue weighted by atomic mass is 16.3. The van der Waals surface area contributed by atoms with Gasteiger partial charge in [-0.15, -0.1) is 0 Å². The van der Waals surface area contributed by atoms with Gasteiger partial charge in [-0.2, -0.15) is 0 Å². The fraction of sp³-hybridized carbons (Fsp3) is 0.125. The van der Waals surface area contributed by atoms with E-state index in [1.807, 2.05) is 31.2 Å². The van der Waals surface area contributed by atoms with Gasteiger partial charge in [-0.1, -0.05) is 36.4 Å². The molecule has 0 aromatic heterocycles. The summed E-state index contributed by atoms with van der Waals surface area (Å²) in [6.07, 6.45) is 0. The smallest absolute Gasteiger partial charge is 0.123 e.